The highest BCUT2D eigenvalue weighted by Crippen LogP contribution is 1.97. The van der Waals surface area contributed by atoms with Crippen LogP contribution in [0.5, 0.6) is 0 Å². The van der Waals surface area contributed by atoms with Crippen LogP contribution in [0.15, 0.2) is 0 Å². The van der Waals surface area contributed by atoms with Crippen LogP contribution in [-0.2, 0) is 14.3 Å². The highest BCUT2D eigenvalue weighted by Gasteiger charge is 2.16. The minimum Gasteiger partial charge on any atom is -0.385 e. The second-order valence-corrected chi connectivity index (χ2v) is 3.82. The Morgan fingerprint density at radius 2 is 2.06 bits per heavy atom. The van der Waals surface area contributed by atoms with E-state index < -0.39 is 11.9 Å². The number of hydrogen-bond acceptors (Lipinski definition) is 4. The maximum Gasteiger partial charge on any atom is 0.237 e. The number of rotatable bonds is 8. The molecule has 0 saturated heterocycles. The number of methoxy groups -OCH3 is 1. The minimum atomic E-state index is -0.564. The van der Waals surface area contributed by atoms with E-state index in [0.29, 0.717) is 13.0 Å². The van der Waals surface area contributed by atoms with Gasteiger partial charge >= 0.3 is 0 Å². The quantitative estimate of drug-likeness (QED) is 0.471. The van der Waals surface area contributed by atoms with Crippen LogP contribution >= 0.6 is 0 Å². The number of carbonyl (C=O) groups is 2. The Hall–Kier alpha value is -1.14. The third-order valence-electron chi connectivity index (χ3n) is 2.10. The summed E-state index contributed by atoms with van der Waals surface area (Å²) in [5.41, 5.74) is 10.7. The zero-order valence-corrected chi connectivity index (χ0v) is 9.86. The molecule has 0 aliphatic rings. The van der Waals surface area contributed by atoms with E-state index in [-0.39, 0.29) is 18.4 Å². The first-order valence-corrected chi connectivity index (χ1v) is 5.30. The van der Waals surface area contributed by atoms with Crippen molar-refractivity contribution in [2.45, 2.75) is 38.3 Å². The third kappa shape index (κ3) is 7.19. The lowest BCUT2D eigenvalue weighted by molar-refractivity contribution is -0.123. The molecule has 2 atom stereocenters. The average Bonchev–Trinajstić information content (AvgIpc) is 2.16. The molecular formula is C10H21N3O3. The van der Waals surface area contributed by atoms with Crippen molar-refractivity contribution in [3.8, 4) is 0 Å². The van der Waals surface area contributed by atoms with Gasteiger partial charge in [0.25, 0.3) is 0 Å². The lowest BCUT2D eigenvalue weighted by Crippen LogP contribution is -2.45. The average molecular weight is 231 g/mol. The van der Waals surface area contributed by atoms with Crippen molar-refractivity contribution >= 4 is 11.8 Å². The first kappa shape index (κ1) is 14.9. The summed E-state index contributed by atoms with van der Waals surface area (Å²) in [5, 5.41) is 2.63. The Morgan fingerprint density at radius 1 is 1.44 bits per heavy atom. The molecule has 0 fully saturated rings. The van der Waals surface area contributed by atoms with Gasteiger partial charge in [-0.25, -0.2) is 0 Å². The molecule has 0 aromatic rings. The van der Waals surface area contributed by atoms with Crippen LogP contribution in [-0.4, -0.2) is 37.6 Å². The molecule has 2 unspecified atom stereocenters. The molecule has 16 heavy (non-hydrogen) atoms. The number of ether oxygens (including phenoxy) is 1. The molecule has 0 aliphatic heterocycles. The van der Waals surface area contributed by atoms with Crippen LogP contribution in [0.25, 0.3) is 0 Å². The highest BCUT2D eigenvalue weighted by atomic mass is 16.5. The summed E-state index contributed by atoms with van der Waals surface area (Å²) in [4.78, 5) is 22.1. The van der Waals surface area contributed by atoms with E-state index in [0.717, 1.165) is 6.42 Å². The van der Waals surface area contributed by atoms with E-state index >= 15 is 0 Å². The molecule has 6 nitrogen and oxygen atoms in total. The van der Waals surface area contributed by atoms with Gasteiger partial charge in [-0.1, -0.05) is 0 Å². The van der Waals surface area contributed by atoms with Crippen LogP contribution in [0.2, 0.25) is 0 Å². The predicted octanol–water partition coefficient (Wildman–Crippen LogP) is -0.880. The van der Waals surface area contributed by atoms with Crippen molar-refractivity contribution < 1.29 is 14.3 Å². The smallest absolute Gasteiger partial charge is 0.237 e. The van der Waals surface area contributed by atoms with Crippen LogP contribution in [0.1, 0.15) is 26.2 Å². The lowest BCUT2D eigenvalue weighted by Gasteiger charge is -2.16. The fourth-order valence-corrected chi connectivity index (χ4v) is 1.28. The molecule has 0 aromatic carbocycles. The van der Waals surface area contributed by atoms with Crippen molar-refractivity contribution in [2.24, 2.45) is 11.5 Å². The summed E-state index contributed by atoms with van der Waals surface area (Å²) in [6.45, 7) is 2.29. The predicted molar refractivity (Wildman–Crippen MR) is 60.5 cm³/mol. The molecule has 2 amide bonds. The Balaban J connectivity index is 3.81. The minimum absolute atomic E-state index is 0.122. The summed E-state index contributed by atoms with van der Waals surface area (Å²) in [7, 11) is 1.60. The number of primary amides is 1. The zero-order valence-electron chi connectivity index (χ0n) is 9.86. The van der Waals surface area contributed by atoms with Crippen molar-refractivity contribution in [2.75, 3.05) is 13.7 Å². The van der Waals surface area contributed by atoms with E-state index in [1.54, 1.807) is 14.0 Å². The summed E-state index contributed by atoms with van der Waals surface area (Å²) in [6.07, 6.45) is 1.41. The van der Waals surface area contributed by atoms with Crippen LogP contribution in [0.4, 0.5) is 0 Å². The number of carbonyl (C=O) groups excluding carboxylic acids is 2. The Labute approximate surface area is 95.7 Å². The van der Waals surface area contributed by atoms with Gasteiger partial charge in [0, 0.05) is 26.2 Å². The van der Waals surface area contributed by atoms with Crippen molar-refractivity contribution in [1.29, 1.82) is 0 Å². The third-order valence-corrected chi connectivity index (χ3v) is 2.10. The van der Waals surface area contributed by atoms with Crippen LogP contribution in [0, 0.1) is 0 Å². The SMILES string of the molecule is COCCCC(N)C(=O)NC(C)CC(N)=O. The van der Waals surface area contributed by atoms with E-state index in [1.807, 2.05) is 0 Å². The molecule has 0 saturated carbocycles. The first-order chi connectivity index (χ1) is 7.47. The number of nitrogens with two attached hydrogens (primary N) is 2. The van der Waals surface area contributed by atoms with E-state index in [1.165, 1.54) is 0 Å². The Kier molecular flexibility index (Phi) is 7.49. The first-order valence-electron chi connectivity index (χ1n) is 5.30. The summed E-state index contributed by atoms with van der Waals surface area (Å²) >= 11 is 0. The van der Waals surface area contributed by atoms with Gasteiger partial charge in [0.2, 0.25) is 11.8 Å². The van der Waals surface area contributed by atoms with Crippen LogP contribution in [0.3, 0.4) is 0 Å². The van der Waals surface area contributed by atoms with Crippen molar-refractivity contribution in [1.82, 2.24) is 5.32 Å². The van der Waals surface area contributed by atoms with Gasteiger partial charge in [0.15, 0.2) is 0 Å². The maximum absolute atomic E-state index is 11.5. The van der Waals surface area contributed by atoms with E-state index in [9.17, 15) is 9.59 Å². The standard InChI is InChI=1S/C10H21N3O3/c1-7(6-9(12)14)13-10(15)8(11)4-3-5-16-2/h7-8H,3-6,11H2,1-2H3,(H2,12,14)(H,13,15). The van der Waals surface area contributed by atoms with E-state index in [2.05, 4.69) is 5.32 Å². The fourth-order valence-electron chi connectivity index (χ4n) is 1.28. The topological polar surface area (TPSA) is 107 Å². The fraction of sp³-hybridized carbons (Fsp3) is 0.800. The number of nitrogens with one attached hydrogen (secondary N) is 1. The number of amides is 2. The lowest BCUT2D eigenvalue weighted by atomic mass is 10.1. The monoisotopic (exact) mass is 231 g/mol. The molecule has 0 aromatic heterocycles. The summed E-state index contributed by atoms with van der Waals surface area (Å²) in [5.74, 6) is -0.703. The second-order valence-electron chi connectivity index (χ2n) is 3.82. The molecular weight excluding hydrogens is 210 g/mol. The van der Waals surface area contributed by atoms with Gasteiger partial charge in [-0.05, 0) is 19.8 Å². The van der Waals surface area contributed by atoms with Crippen molar-refractivity contribution in [3.05, 3.63) is 0 Å². The van der Waals surface area contributed by atoms with Gasteiger partial charge in [-0.2, -0.15) is 0 Å². The van der Waals surface area contributed by atoms with Gasteiger partial charge in [-0.3, -0.25) is 9.59 Å². The molecule has 5 N–H and O–H groups in total. The molecule has 0 spiro atoms. The van der Waals surface area contributed by atoms with Gasteiger partial charge in [-0.15, -0.1) is 0 Å². The largest absolute Gasteiger partial charge is 0.385 e. The second kappa shape index (κ2) is 8.06. The van der Waals surface area contributed by atoms with Crippen molar-refractivity contribution in [3.63, 3.8) is 0 Å². The molecule has 0 aliphatic carbocycles. The maximum atomic E-state index is 11.5. The Bertz CT molecular complexity index is 233. The Morgan fingerprint density at radius 3 is 2.56 bits per heavy atom. The normalized spacial score (nSPS) is 14.2. The molecule has 0 bridgehead atoms. The molecule has 94 valence electrons. The van der Waals surface area contributed by atoms with Gasteiger partial charge < -0.3 is 21.5 Å². The molecule has 0 radical (unpaired) electrons. The summed E-state index contributed by atoms with van der Waals surface area (Å²) in [6, 6.07) is -0.844. The number of hydrogen-bond donors (Lipinski definition) is 3. The van der Waals surface area contributed by atoms with E-state index in [4.69, 9.17) is 16.2 Å². The molecule has 6 heteroatoms. The zero-order chi connectivity index (χ0) is 12.6. The van der Waals surface area contributed by atoms with Gasteiger partial charge in [0.05, 0.1) is 6.04 Å². The molecule has 0 heterocycles. The molecule has 0 rings (SSSR count). The highest BCUT2D eigenvalue weighted by molar-refractivity contribution is 5.82. The summed E-state index contributed by atoms with van der Waals surface area (Å²) < 4.78 is 4.86. The van der Waals surface area contributed by atoms with Crippen LogP contribution < -0.4 is 16.8 Å². The van der Waals surface area contributed by atoms with Gasteiger partial charge in [0.1, 0.15) is 0 Å².